The predicted octanol–water partition coefficient (Wildman–Crippen LogP) is 2.68. The molecule has 0 spiro atoms. The first-order valence-electron chi connectivity index (χ1n) is 6.51. The second-order valence-corrected chi connectivity index (χ2v) is 5.58. The van der Waals surface area contributed by atoms with E-state index in [0.717, 1.165) is 31.2 Å². The minimum absolute atomic E-state index is 0.319. The predicted molar refractivity (Wildman–Crippen MR) is 74.7 cm³/mol. The van der Waals surface area contributed by atoms with Gasteiger partial charge >= 0.3 is 12.0 Å². The SMILES string of the molecule is CCOC(=O)c1c(NC(N)=O)sc2c1CCCCC2. The number of primary amides is 1. The minimum Gasteiger partial charge on any atom is -0.462 e. The molecule has 0 saturated heterocycles. The minimum atomic E-state index is -0.651. The molecule has 19 heavy (non-hydrogen) atoms. The van der Waals surface area contributed by atoms with Crippen LogP contribution >= 0.6 is 11.3 Å². The summed E-state index contributed by atoms with van der Waals surface area (Å²) in [6.07, 6.45) is 5.16. The first kappa shape index (κ1) is 13.9. The Hall–Kier alpha value is -1.56. The number of urea groups is 1. The van der Waals surface area contributed by atoms with Gasteiger partial charge in [-0.2, -0.15) is 0 Å². The van der Waals surface area contributed by atoms with Crippen LogP contribution in [0.5, 0.6) is 0 Å². The first-order chi connectivity index (χ1) is 9.13. The summed E-state index contributed by atoms with van der Waals surface area (Å²) in [5, 5.41) is 3.07. The molecule has 6 heteroatoms. The van der Waals surface area contributed by atoms with E-state index in [9.17, 15) is 9.59 Å². The maximum atomic E-state index is 12.1. The average Bonchev–Trinajstić information content (AvgIpc) is 2.52. The highest BCUT2D eigenvalue weighted by Gasteiger charge is 2.26. The van der Waals surface area contributed by atoms with Gasteiger partial charge in [0.2, 0.25) is 0 Å². The molecule has 1 aliphatic carbocycles. The van der Waals surface area contributed by atoms with Gasteiger partial charge in [-0.1, -0.05) is 6.42 Å². The summed E-state index contributed by atoms with van der Waals surface area (Å²) in [5.41, 5.74) is 6.70. The smallest absolute Gasteiger partial charge is 0.341 e. The molecule has 0 bridgehead atoms. The van der Waals surface area contributed by atoms with E-state index in [1.54, 1.807) is 6.92 Å². The van der Waals surface area contributed by atoms with Crippen LogP contribution < -0.4 is 11.1 Å². The van der Waals surface area contributed by atoms with Crippen LogP contribution in [0.3, 0.4) is 0 Å². The zero-order valence-corrected chi connectivity index (χ0v) is 11.8. The van der Waals surface area contributed by atoms with Crippen LogP contribution in [-0.4, -0.2) is 18.6 Å². The van der Waals surface area contributed by atoms with Gasteiger partial charge < -0.3 is 10.5 Å². The number of thiophene rings is 1. The average molecular weight is 282 g/mol. The Bertz CT molecular complexity index is 496. The Morgan fingerprint density at radius 3 is 2.74 bits per heavy atom. The van der Waals surface area contributed by atoms with Crippen molar-refractivity contribution in [3.8, 4) is 0 Å². The van der Waals surface area contributed by atoms with Crippen molar-refractivity contribution < 1.29 is 14.3 Å². The molecule has 0 saturated carbocycles. The van der Waals surface area contributed by atoms with Crippen molar-refractivity contribution in [2.75, 3.05) is 11.9 Å². The lowest BCUT2D eigenvalue weighted by atomic mass is 10.1. The first-order valence-corrected chi connectivity index (χ1v) is 7.33. The summed E-state index contributed by atoms with van der Waals surface area (Å²) in [7, 11) is 0. The Morgan fingerprint density at radius 2 is 2.05 bits per heavy atom. The highest BCUT2D eigenvalue weighted by atomic mass is 32.1. The molecular formula is C13H18N2O3S. The molecule has 2 rings (SSSR count). The molecule has 0 atom stereocenters. The maximum absolute atomic E-state index is 12.1. The van der Waals surface area contributed by atoms with Gasteiger partial charge in [0, 0.05) is 4.88 Å². The molecule has 0 aliphatic heterocycles. The number of nitrogens with one attached hydrogen (secondary N) is 1. The third-order valence-electron chi connectivity index (χ3n) is 3.14. The molecule has 3 N–H and O–H groups in total. The summed E-state index contributed by atoms with van der Waals surface area (Å²) in [6.45, 7) is 2.09. The van der Waals surface area contributed by atoms with E-state index in [0.29, 0.717) is 17.2 Å². The molecule has 0 unspecified atom stereocenters. The van der Waals surface area contributed by atoms with Crippen LogP contribution in [0.4, 0.5) is 9.80 Å². The van der Waals surface area contributed by atoms with Crippen LogP contribution in [0.1, 0.15) is 47.0 Å². The molecule has 2 amide bonds. The normalized spacial score (nSPS) is 14.4. The quantitative estimate of drug-likeness (QED) is 0.660. The number of carbonyl (C=O) groups excluding carboxylic acids is 2. The summed E-state index contributed by atoms with van der Waals surface area (Å²) in [5.74, 6) is -0.370. The lowest BCUT2D eigenvalue weighted by Crippen LogP contribution is -2.20. The second kappa shape index (κ2) is 6.06. The van der Waals surface area contributed by atoms with Gasteiger partial charge in [-0.3, -0.25) is 5.32 Å². The van der Waals surface area contributed by atoms with E-state index >= 15 is 0 Å². The molecule has 0 aromatic carbocycles. The fourth-order valence-electron chi connectivity index (χ4n) is 2.36. The van der Waals surface area contributed by atoms with Gasteiger partial charge in [0.25, 0.3) is 0 Å². The topological polar surface area (TPSA) is 81.4 Å². The van der Waals surface area contributed by atoms with Gasteiger partial charge in [0.1, 0.15) is 5.00 Å². The van der Waals surface area contributed by atoms with Crippen LogP contribution in [0.2, 0.25) is 0 Å². The number of hydrogen-bond donors (Lipinski definition) is 2. The lowest BCUT2D eigenvalue weighted by Gasteiger charge is -2.07. The van der Waals surface area contributed by atoms with Crippen LogP contribution in [0.15, 0.2) is 0 Å². The van der Waals surface area contributed by atoms with Crippen LogP contribution in [-0.2, 0) is 17.6 Å². The van der Waals surface area contributed by atoms with E-state index in [1.807, 2.05) is 0 Å². The lowest BCUT2D eigenvalue weighted by molar-refractivity contribution is 0.0527. The van der Waals surface area contributed by atoms with Crippen molar-refractivity contribution in [1.82, 2.24) is 0 Å². The highest BCUT2D eigenvalue weighted by Crippen LogP contribution is 2.37. The Balaban J connectivity index is 2.42. The second-order valence-electron chi connectivity index (χ2n) is 4.48. The van der Waals surface area contributed by atoms with Crippen molar-refractivity contribution in [1.29, 1.82) is 0 Å². The van der Waals surface area contributed by atoms with Gasteiger partial charge in [0.15, 0.2) is 0 Å². The number of ether oxygens (including phenoxy) is 1. The van der Waals surface area contributed by atoms with Crippen molar-refractivity contribution >= 4 is 28.3 Å². The van der Waals surface area contributed by atoms with Gasteiger partial charge in [-0.25, -0.2) is 9.59 Å². The van der Waals surface area contributed by atoms with Crippen LogP contribution in [0, 0.1) is 0 Å². The Labute approximate surface area is 116 Å². The molecule has 104 valence electrons. The molecule has 5 nitrogen and oxygen atoms in total. The fraction of sp³-hybridized carbons (Fsp3) is 0.538. The summed E-state index contributed by atoms with van der Waals surface area (Å²) < 4.78 is 5.09. The van der Waals surface area contributed by atoms with Crippen LogP contribution in [0.25, 0.3) is 0 Å². The van der Waals surface area contributed by atoms with Gasteiger partial charge in [-0.15, -0.1) is 11.3 Å². The third-order valence-corrected chi connectivity index (χ3v) is 4.34. The van der Waals surface area contributed by atoms with E-state index in [4.69, 9.17) is 10.5 Å². The number of nitrogens with two attached hydrogens (primary N) is 1. The molecule has 1 heterocycles. The van der Waals surface area contributed by atoms with Crippen molar-refractivity contribution in [3.63, 3.8) is 0 Å². The molecule has 1 aromatic heterocycles. The molecule has 1 aliphatic rings. The van der Waals surface area contributed by atoms with Gasteiger partial charge in [0.05, 0.1) is 12.2 Å². The van der Waals surface area contributed by atoms with Crippen molar-refractivity contribution in [2.45, 2.75) is 39.0 Å². The molecule has 1 aromatic rings. The molecule has 0 radical (unpaired) electrons. The molecular weight excluding hydrogens is 264 g/mol. The maximum Gasteiger partial charge on any atom is 0.341 e. The monoisotopic (exact) mass is 282 g/mol. The zero-order chi connectivity index (χ0) is 13.8. The number of fused-ring (bicyclic) bond motifs is 1. The number of rotatable bonds is 3. The number of carbonyl (C=O) groups is 2. The van der Waals surface area contributed by atoms with E-state index in [-0.39, 0.29) is 5.97 Å². The Morgan fingerprint density at radius 1 is 1.32 bits per heavy atom. The summed E-state index contributed by atoms with van der Waals surface area (Å²) >= 11 is 1.45. The summed E-state index contributed by atoms with van der Waals surface area (Å²) in [6, 6.07) is -0.651. The summed E-state index contributed by atoms with van der Waals surface area (Å²) in [4.78, 5) is 24.3. The number of anilines is 1. The van der Waals surface area contributed by atoms with E-state index in [2.05, 4.69) is 5.32 Å². The number of esters is 1. The largest absolute Gasteiger partial charge is 0.462 e. The van der Waals surface area contributed by atoms with Crippen molar-refractivity contribution in [3.05, 3.63) is 16.0 Å². The van der Waals surface area contributed by atoms with E-state index < -0.39 is 6.03 Å². The standard InChI is InChI=1S/C13H18N2O3S/c1-2-18-12(16)10-8-6-4-3-5-7-9(8)19-11(10)15-13(14)17/h2-7H2,1H3,(H3,14,15,17). The fourth-order valence-corrected chi connectivity index (χ4v) is 3.64. The van der Waals surface area contributed by atoms with E-state index in [1.165, 1.54) is 22.6 Å². The number of hydrogen-bond acceptors (Lipinski definition) is 4. The Kier molecular flexibility index (Phi) is 4.42. The third kappa shape index (κ3) is 3.07. The van der Waals surface area contributed by atoms with Gasteiger partial charge in [-0.05, 0) is 38.2 Å². The molecule has 0 fully saturated rings. The number of aryl methyl sites for hydroxylation is 1. The highest BCUT2D eigenvalue weighted by molar-refractivity contribution is 7.17. The number of amides is 2. The van der Waals surface area contributed by atoms with Crippen molar-refractivity contribution in [2.24, 2.45) is 5.73 Å². The zero-order valence-electron chi connectivity index (χ0n) is 11.0.